The van der Waals surface area contributed by atoms with Crippen molar-refractivity contribution in [2.75, 3.05) is 0 Å². The summed E-state index contributed by atoms with van der Waals surface area (Å²) in [5.41, 5.74) is 0.0869. The zero-order valence-corrected chi connectivity index (χ0v) is 13.8. The van der Waals surface area contributed by atoms with Gasteiger partial charge in [-0.3, -0.25) is 0 Å². The van der Waals surface area contributed by atoms with Crippen molar-refractivity contribution >= 4 is 12.1 Å². The van der Waals surface area contributed by atoms with Crippen molar-refractivity contribution < 1.29 is 19.1 Å². The summed E-state index contributed by atoms with van der Waals surface area (Å²) in [5.74, 6) is -0.393. The third-order valence-electron chi connectivity index (χ3n) is 3.22. The molecule has 2 fully saturated rings. The van der Waals surface area contributed by atoms with Crippen LogP contribution in [0.25, 0.3) is 0 Å². The Morgan fingerprint density at radius 1 is 1.00 bits per heavy atom. The summed E-state index contributed by atoms with van der Waals surface area (Å²) in [7, 11) is 0. The maximum Gasteiger partial charge on any atom is 0.408 e. The topological polar surface area (TPSA) is 64.6 Å². The van der Waals surface area contributed by atoms with Crippen LogP contribution >= 0.6 is 0 Å². The van der Waals surface area contributed by atoms with E-state index in [0.717, 1.165) is 18.4 Å². The summed E-state index contributed by atoms with van der Waals surface area (Å²) in [6.07, 6.45) is 1.98. The second-order valence-electron chi connectivity index (χ2n) is 7.79. The highest BCUT2D eigenvalue weighted by molar-refractivity contribution is 5.96. The quantitative estimate of drug-likeness (QED) is 0.628. The number of rotatable bonds is 2. The van der Waals surface area contributed by atoms with Crippen molar-refractivity contribution in [3.05, 3.63) is 11.1 Å². The Hall–Kier alpha value is -1.52. The summed E-state index contributed by atoms with van der Waals surface area (Å²) in [4.78, 5) is 24.5. The molecule has 0 aromatic rings. The Morgan fingerprint density at radius 2 is 1.52 bits per heavy atom. The Kier molecular flexibility index (Phi) is 3.59. The van der Waals surface area contributed by atoms with E-state index in [1.54, 1.807) is 20.8 Å². The fourth-order valence-corrected chi connectivity index (χ4v) is 2.22. The number of amides is 1. The average Bonchev–Trinajstić information content (AvgIpc) is 3.03. The normalized spacial score (nSPS) is 24.5. The molecule has 1 amide bonds. The van der Waals surface area contributed by atoms with Crippen molar-refractivity contribution in [2.45, 2.75) is 77.5 Å². The van der Waals surface area contributed by atoms with Gasteiger partial charge in [0.1, 0.15) is 11.2 Å². The molecule has 2 rings (SSSR count). The first-order valence-electron chi connectivity index (χ1n) is 7.39. The fraction of sp³-hybridized carbons (Fsp3) is 0.750. The zero-order chi connectivity index (χ0) is 16.1. The molecule has 1 N–H and O–H groups in total. The minimum Gasteiger partial charge on any atom is -0.458 e. The number of hydrogen-bond donors (Lipinski definition) is 1. The molecule has 0 bridgehead atoms. The van der Waals surface area contributed by atoms with Gasteiger partial charge in [-0.25, -0.2) is 9.59 Å². The van der Waals surface area contributed by atoms with E-state index in [2.05, 4.69) is 5.32 Å². The van der Waals surface area contributed by atoms with Gasteiger partial charge in [-0.15, -0.1) is 0 Å². The van der Waals surface area contributed by atoms with E-state index < -0.39 is 28.8 Å². The highest BCUT2D eigenvalue weighted by Crippen LogP contribution is 2.52. The minimum atomic E-state index is -0.999. The van der Waals surface area contributed by atoms with E-state index >= 15 is 0 Å². The Bertz CT molecular complexity index is 501. The van der Waals surface area contributed by atoms with Crippen LogP contribution in [-0.4, -0.2) is 28.8 Å². The number of allylic oxidation sites excluding steroid dienone is 1. The van der Waals surface area contributed by atoms with E-state index in [1.807, 2.05) is 20.8 Å². The zero-order valence-electron chi connectivity index (χ0n) is 13.8. The molecule has 21 heavy (non-hydrogen) atoms. The number of hydrogen-bond acceptors (Lipinski definition) is 4. The van der Waals surface area contributed by atoms with Gasteiger partial charge in [0, 0.05) is 6.42 Å². The van der Waals surface area contributed by atoms with Gasteiger partial charge in [0.05, 0.1) is 0 Å². The van der Waals surface area contributed by atoms with Gasteiger partial charge < -0.3 is 14.8 Å². The molecule has 1 atom stereocenters. The molecule has 0 saturated heterocycles. The van der Waals surface area contributed by atoms with Gasteiger partial charge in [0.2, 0.25) is 0 Å². The van der Waals surface area contributed by atoms with Crippen molar-refractivity contribution in [1.82, 2.24) is 5.32 Å². The lowest BCUT2D eigenvalue weighted by Crippen LogP contribution is -2.48. The molecule has 118 valence electrons. The van der Waals surface area contributed by atoms with Gasteiger partial charge in [0.15, 0.2) is 5.54 Å². The first-order chi connectivity index (χ1) is 9.43. The minimum absolute atomic E-state index is 0.393. The van der Waals surface area contributed by atoms with E-state index in [1.165, 1.54) is 5.57 Å². The SMILES string of the molecule is CC(C)(C)OC(=O)NC1(C(=O)OC(C)(C)C)CC1=C1CC1. The van der Waals surface area contributed by atoms with Crippen molar-refractivity contribution in [3.63, 3.8) is 0 Å². The highest BCUT2D eigenvalue weighted by atomic mass is 16.6. The monoisotopic (exact) mass is 295 g/mol. The highest BCUT2D eigenvalue weighted by Gasteiger charge is 2.61. The Labute approximate surface area is 126 Å². The van der Waals surface area contributed by atoms with Gasteiger partial charge >= 0.3 is 12.1 Å². The van der Waals surface area contributed by atoms with Crippen LogP contribution in [0.1, 0.15) is 60.8 Å². The summed E-state index contributed by atoms with van der Waals surface area (Å²) in [6, 6.07) is 0. The van der Waals surface area contributed by atoms with Crippen LogP contribution in [0.5, 0.6) is 0 Å². The number of carbonyl (C=O) groups is 2. The van der Waals surface area contributed by atoms with Gasteiger partial charge in [-0.1, -0.05) is 5.57 Å². The standard InChI is InChI=1S/C16H25NO4/c1-14(2,3)20-12(18)16(9-11(16)10-7-8-10)17-13(19)21-15(4,5)6/h7-9H2,1-6H3,(H,17,19). The van der Waals surface area contributed by atoms with E-state index in [4.69, 9.17) is 9.47 Å². The molecular formula is C16H25NO4. The number of nitrogens with one attached hydrogen (secondary N) is 1. The van der Waals surface area contributed by atoms with Crippen LogP contribution in [-0.2, 0) is 14.3 Å². The van der Waals surface area contributed by atoms with Crippen molar-refractivity contribution in [2.24, 2.45) is 0 Å². The molecule has 2 saturated carbocycles. The molecule has 0 radical (unpaired) electrons. The number of esters is 1. The van der Waals surface area contributed by atoms with E-state index in [9.17, 15) is 9.59 Å². The first-order valence-corrected chi connectivity index (χ1v) is 7.39. The van der Waals surface area contributed by atoms with Crippen molar-refractivity contribution in [1.29, 1.82) is 0 Å². The summed E-state index contributed by atoms with van der Waals surface area (Å²) >= 11 is 0. The molecule has 0 aromatic heterocycles. The van der Waals surface area contributed by atoms with Crippen LogP contribution < -0.4 is 5.32 Å². The maximum absolute atomic E-state index is 12.5. The van der Waals surface area contributed by atoms with Crippen LogP contribution in [0.15, 0.2) is 11.1 Å². The third-order valence-corrected chi connectivity index (χ3v) is 3.22. The molecule has 0 heterocycles. The molecule has 0 spiro atoms. The van der Waals surface area contributed by atoms with Crippen LogP contribution in [0.2, 0.25) is 0 Å². The smallest absolute Gasteiger partial charge is 0.408 e. The van der Waals surface area contributed by atoms with Crippen LogP contribution in [0.4, 0.5) is 4.79 Å². The molecule has 2 aliphatic carbocycles. The molecule has 0 aliphatic heterocycles. The summed E-state index contributed by atoms with van der Waals surface area (Å²) in [5, 5.41) is 2.72. The number of ether oxygens (including phenoxy) is 2. The average molecular weight is 295 g/mol. The van der Waals surface area contributed by atoms with Crippen molar-refractivity contribution in [3.8, 4) is 0 Å². The Balaban J connectivity index is 2.11. The molecule has 2 aliphatic rings. The van der Waals surface area contributed by atoms with Gasteiger partial charge in [-0.05, 0) is 60.0 Å². The maximum atomic E-state index is 12.5. The number of carbonyl (C=O) groups excluding carboxylic acids is 2. The summed E-state index contributed by atoms with van der Waals surface area (Å²) < 4.78 is 10.7. The molecule has 5 nitrogen and oxygen atoms in total. The second-order valence-corrected chi connectivity index (χ2v) is 7.79. The lowest BCUT2D eigenvalue weighted by Gasteiger charge is -2.26. The van der Waals surface area contributed by atoms with Gasteiger partial charge in [-0.2, -0.15) is 0 Å². The molecule has 1 unspecified atom stereocenters. The third kappa shape index (κ3) is 3.99. The predicted octanol–water partition coefficient (Wildman–Crippen LogP) is 3.09. The number of alkyl carbamates (subject to hydrolysis) is 1. The largest absolute Gasteiger partial charge is 0.458 e. The first kappa shape index (κ1) is 15.9. The Morgan fingerprint density at radius 3 is 1.95 bits per heavy atom. The van der Waals surface area contributed by atoms with E-state index in [-0.39, 0.29) is 0 Å². The predicted molar refractivity (Wildman–Crippen MR) is 78.8 cm³/mol. The molecule has 0 aromatic carbocycles. The van der Waals surface area contributed by atoms with E-state index in [0.29, 0.717) is 6.42 Å². The molecular weight excluding hydrogens is 270 g/mol. The fourth-order valence-electron chi connectivity index (χ4n) is 2.22. The second kappa shape index (κ2) is 4.75. The van der Waals surface area contributed by atoms with Crippen LogP contribution in [0.3, 0.4) is 0 Å². The van der Waals surface area contributed by atoms with Crippen LogP contribution in [0, 0.1) is 0 Å². The molecule has 5 heteroatoms. The lowest BCUT2D eigenvalue weighted by molar-refractivity contribution is -0.158. The lowest BCUT2D eigenvalue weighted by atomic mass is 10.1. The summed E-state index contributed by atoms with van der Waals surface area (Å²) in [6.45, 7) is 10.8. The van der Waals surface area contributed by atoms with Gasteiger partial charge in [0.25, 0.3) is 0 Å².